The fourth-order valence-electron chi connectivity index (χ4n) is 1.88. The lowest BCUT2D eigenvalue weighted by Crippen LogP contribution is -2.42. The van der Waals surface area contributed by atoms with Crippen LogP contribution in [0.3, 0.4) is 0 Å². The number of amides is 1. The van der Waals surface area contributed by atoms with Crippen LogP contribution in [0.1, 0.15) is 20.3 Å². The molecule has 1 aliphatic heterocycles. The van der Waals surface area contributed by atoms with E-state index in [0.717, 1.165) is 0 Å². The molecule has 0 radical (unpaired) electrons. The number of aliphatic carboxylic acids is 1. The number of hydrogen-bond donors (Lipinski definition) is 2. The number of carbonyl (C=O) groups excluding carboxylic acids is 1. The van der Waals surface area contributed by atoms with Crippen molar-refractivity contribution >= 4 is 11.9 Å². The summed E-state index contributed by atoms with van der Waals surface area (Å²) >= 11 is 0. The summed E-state index contributed by atoms with van der Waals surface area (Å²) in [5.74, 6) is -1.40. The van der Waals surface area contributed by atoms with Gasteiger partial charge >= 0.3 is 5.97 Å². The number of likely N-dealkylation sites (tertiary alicyclic amines) is 1. The average Bonchev–Trinajstić information content (AvgIpc) is 2.58. The number of rotatable bonds is 3. The Hall–Kier alpha value is -1.10. The molecule has 5 heteroatoms. The van der Waals surface area contributed by atoms with Crippen molar-refractivity contribution in [2.75, 3.05) is 13.1 Å². The molecule has 0 saturated carbocycles. The molecule has 1 amide bonds. The maximum Gasteiger partial charge on any atom is 0.308 e. The van der Waals surface area contributed by atoms with Crippen LogP contribution in [0.5, 0.6) is 0 Å². The molecule has 1 heterocycles. The van der Waals surface area contributed by atoms with Gasteiger partial charge in [0, 0.05) is 13.1 Å². The summed E-state index contributed by atoms with van der Waals surface area (Å²) in [7, 11) is 0. The lowest BCUT2D eigenvalue weighted by atomic mass is 9.99. The maximum absolute atomic E-state index is 11.7. The van der Waals surface area contributed by atoms with E-state index in [-0.39, 0.29) is 11.8 Å². The Morgan fingerprint density at radius 3 is 2.53 bits per heavy atom. The van der Waals surface area contributed by atoms with Crippen LogP contribution in [-0.4, -0.2) is 41.0 Å². The van der Waals surface area contributed by atoms with E-state index in [9.17, 15) is 9.59 Å². The van der Waals surface area contributed by atoms with E-state index in [4.69, 9.17) is 10.8 Å². The van der Waals surface area contributed by atoms with Crippen molar-refractivity contribution in [1.29, 1.82) is 0 Å². The van der Waals surface area contributed by atoms with Crippen molar-refractivity contribution in [3.63, 3.8) is 0 Å². The molecule has 0 bridgehead atoms. The normalized spacial score (nSPS) is 27.8. The SMILES string of the molecule is CC[C@@H](N)C(=O)N1C[C@@H](C)[C@H](C(=O)O)C1. The summed E-state index contributed by atoms with van der Waals surface area (Å²) in [5.41, 5.74) is 5.62. The molecule has 3 atom stereocenters. The molecule has 1 saturated heterocycles. The highest BCUT2D eigenvalue weighted by atomic mass is 16.4. The third-order valence-corrected chi connectivity index (χ3v) is 3.00. The summed E-state index contributed by atoms with van der Waals surface area (Å²) in [6, 6.07) is -0.496. The first-order valence-electron chi connectivity index (χ1n) is 5.24. The van der Waals surface area contributed by atoms with Gasteiger partial charge in [0.05, 0.1) is 12.0 Å². The number of carbonyl (C=O) groups is 2. The lowest BCUT2D eigenvalue weighted by molar-refractivity contribution is -0.142. The van der Waals surface area contributed by atoms with E-state index >= 15 is 0 Å². The predicted molar refractivity (Wildman–Crippen MR) is 55.1 cm³/mol. The zero-order valence-corrected chi connectivity index (χ0v) is 9.14. The van der Waals surface area contributed by atoms with Gasteiger partial charge in [-0.2, -0.15) is 0 Å². The summed E-state index contributed by atoms with van der Waals surface area (Å²) in [5, 5.41) is 8.91. The standard InChI is InChI=1S/C10H18N2O3/c1-3-8(11)9(13)12-4-6(2)7(5-12)10(14)15/h6-8H,3-5,11H2,1-2H3,(H,14,15)/t6-,7-,8-/m1/s1. The molecule has 5 nitrogen and oxygen atoms in total. The molecule has 86 valence electrons. The minimum Gasteiger partial charge on any atom is -0.481 e. The van der Waals surface area contributed by atoms with Gasteiger partial charge in [-0.15, -0.1) is 0 Å². The molecule has 0 aromatic carbocycles. The Morgan fingerprint density at radius 2 is 2.13 bits per heavy atom. The molecule has 1 aliphatic rings. The largest absolute Gasteiger partial charge is 0.481 e. The molecule has 0 spiro atoms. The molecule has 0 aliphatic carbocycles. The molecule has 1 rings (SSSR count). The van der Waals surface area contributed by atoms with Crippen LogP contribution in [0.4, 0.5) is 0 Å². The quantitative estimate of drug-likeness (QED) is 0.687. The Labute approximate surface area is 89.2 Å². The second-order valence-electron chi connectivity index (χ2n) is 4.18. The van der Waals surface area contributed by atoms with Gasteiger partial charge in [-0.25, -0.2) is 0 Å². The molecule has 15 heavy (non-hydrogen) atoms. The van der Waals surface area contributed by atoms with E-state index in [1.165, 1.54) is 0 Å². The predicted octanol–water partition coefficient (Wildman–Crippen LogP) is -0.0972. The second kappa shape index (κ2) is 4.61. The van der Waals surface area contributed by atoms with Gasteiger partial charge in [-0.05, 0) is 12.3 Å². The van der Waals surface area contributed by atoms with Crippen LogP contribution >= 0.6 is 0 Å². The van der Waals surface area contributed by atoms with Crippen molar-refractivity contribution in [2.24, 2.45) is 17.6 Å². The van der Waals surface area contributed by atoms with Crippen molar-refractivity contribution in [1.82, 2.24) is 4.90 Å². The molecule has 0 aromatic heterocycles. The Bertz CT molecular complexity index is 267. The Kier molecular flexibility index (Phi) is 3.68. The van der Waals surface area contributed by atoms with Gasteiger partial charge in [-0.1, -0.05) is 13.8 Å². The fraction of sp³-hybridized carbons (Fsp3) is 0.800. The molecule has 0 unspecified atom stereocenters. The monoisotopic (exact) mass is 214 g/mol. The van der Waals surface area contributed by atoms with Crippen LogP contribution in [0, 0.1) is 11.8 Å². The molecular weight excluding hydrogens is 196 g/mol. The van der Waals surface area contributed by atoms with Gasteiger partial charge in [0.1, 0.15) is 0 Å². The minimum atomic E-state index is -0.831. The third kappa shape index (κ3) is 2.47. The summed E-state index contributed by atoms with van der Waals surface area (Å²) in [6.07, 6.45) is 0.585. The van der Waals surface area contributed by atoms with E-state index in [1.807, 2.05) is 13.8 Å². The van der Waals surface area contributed by atoms with Gasteiger partial charge < -0.3 is 15.7 Å². The first-order chi connectivity index (χ1) is 6.97. The number of nitrogens with zero attached hydrogens (tertiary/aromatic N) is 1. The van der Waals surface area contributed by atoms with Crippen LogP contribution in [0.25, 0.3) is 0 Å². The molecular formula is C10H18N2O3. The number of nitrogens with two attached hydrogens (primary N) is 1. The van der Waals surface area contributed by atoms with Gasteiger partial charge in [0.15, 0.2) is 0 Å². The van der Waals surface area contributed by atoms with Gasteiger partial charge in [-0.3, -0.25) is 9.59 Å². The van der Waals surface area contributed by atoms with Crippen molar-refractivity contribution in [3.8, 4) is 0 Å². The van der Waals surface area contributed by atoms with Crippen LogP contribution in [0.2, 0.25) is 0 Å². The zero-order valence-electron chi connectivity index (χ0n) is 9.14. The highest BCUT2D eigenvalue weighted by Crippen LogP contribution is 2.23. The van der Waals surface area contributed by atoms with Gasteiger partial charge in [0.25, 0.3) is 0 Å². The topological polar surface area (TPSA) is 83.6 Å². The van der Waals surface area contributed by atoms with Crippen LogP contribution in [-0.2, 0) is 9.59 Å². The molecule has 0 aromatic rings. The van der Waals surface area contributed by atoms with Crippen molar-refractivity contribution in [3.05, 3.63) is 0 Å². The number of carboxylic acids is 1. The Morgan fingerprint density at radius 1 is 1.53 bits per heavy atom. The maximum atomic E-state index is 11.7. The Balaban J connectivity index is 2.62. The summed E-state index contributed by atoms with van der Waals surface area (Å²) < 4.78 is 0. The third-order valence-electron chi connectivity index (χ3n) is 3.00. The average molecular weight is 214 g/mol. The van der Waals surface area contributed by atoms with Crippen LogP contribution in [0.15, 0.2) is 0 Å². The van der Waals surface area contributed by atoms with E-state index in [0.29, 0.717) is 19.5 Å². The van der Waals surface area contributed by atoms with Crippen molar-refractivity contribution < 1.29 is 14.7 Å². The summed E-state index contributed by atoms with van der Waals surface area (Å²) in [6.45, 7) is 4.49. The van der Waals surface area contributed by atoms with E-state index in [2.05, 4.69) is 0 Å². The van der Waals surface area contributed by atoms with Crippen molar-refractivity contribution in [2.45, 2.75) is 26.3 Å². The van der Waals surface area contributed by atoms with E-state index < -0.39 is 17.9 Å². The number of hydrogen-bond acceptors (Lipinski definition) is 3. The zero-order chi connectivity index (χ0) is 11.6. The summed E-state index contributed by atoms with van der Waals surface area (Å²) in [4.78, 5) is 24.1. The van der Waals surface area contributed by atoms with Gasteiger partial charge in [0.2, 0.25) is 5.91 Å². The fourth-order valence-corrected chi connectivity index (χ4v) is 1.88. The smallest absolute Gasteiger partial charge is 0.308 e. The highest BCUT2D eigenvalue weighted by molar-refractivity contribution is 5.83. The highest BCUT2D eigenvalue weighted by Gasteiger charge is 2.37. The molecule has 3 N–H and O–H groups in total. The molecule has 1 fully saturated rings. The minimum absolute atomic E-state index is 0.00973. The van der Waals surface area contributed by atoms with E-state index in [1.54, 1.807) is 4.90 Å². The lowest BCUT2D eigenvalue weighted by Gasteiger charge is -2.19. The first-order valence-corrected chi connectivity index (χ1v) is 5.24. The second-order valence-corrected chi connectivity index (χ2v) is 4.18. The van der Waals surface area contributed by atoms with Crippen LogP contribution < -0.4 is 5.73 Å². The number of carboxylic acid groups (broad SMARTS) is 1. The first kappa shape index (κ1) is 12.0.